The maximum atomic E-state index is 11.9. The number of fused-ring (bicyclic) bond motifs is 1. The van der Waals surface area contributed by atoms with Crippen molar-refractivity contribution in [2.45, 2.75) is 25.7 Å². The third-order valence-corrected chi connectivity index (χ3v) is 3.70. The number of hydrogen-bond donors (Lipinski definition) is 1. The molecule has 1 heterocycles. The fourth-order valence-corrected chi connectivity index (χ4v) is 2.56. The number of anilines is 1. The fourth-order valence-electron chi connectivity index (χ4n) is 2.21. The highest BCUT2D eigenvalue weighted by Gasteiger charge is 2.35. The predicted octanol–water partition coefficient (Wildman–Crippen LogP) is 2.62. The molecule has 0 saturated carbocycles. The van der Waals surface area contributed by atoms with Crippen molar-refractivity contribution in [2.75, 3.05) is 11.4 Å². The third-order valence-electron chi connectivity index (χ3n) is 3.21. The number of carbonyl (C=O) groups excluding carboxylic acids is 2. The zero-order chi connectivity index (χ0) is 14.7. The smallest absolute Gasteiger partial charge is 0.303 e. The molecule has 106 valence electrons. The second-order valence-electron chi connectivity index (χ2n) is 4.65. The summed E-state index contributed by atoms with van der Waals surface area (Å²) in [5.74, 6) is -1.79. The summed E-state index contributed by atoms with van der Waals surface area (Å²) in [5, 5.41) is 8.55. The number of rotatable bonds is 6. The Labute approximate surface area is 124 Å². The van der Waals surface area contributed by atoms with Crippen LogP contribution in [0.3, 0.4) is 0 Å². The molecule has 0 fully saturated rings. The Kier molecular flexibility index (Phi) is 4.54. The number of benzene rings is 1. The Balaban J connectivity index is 1.99. The van der Waals surface area contributed by atoms with Gasteiger partial charge in [-0.1, -0.05) is 22.4 Å². The van der Waals surface area contributed by atoms with Crippen LogP contribution >= 0.6 is 15.9 Å². The largest absolute Gasteiger partial charge is 0.481 e. The first-order valence-electron chi connectivity index (χ1n) is 6.38. The van der Waals surface area contributed by atoms with Crippen LogP contribution in [0.2, 0.25) is 0 Å². The van der Waals surface area contributed by atoms with E-state index in [9.17, 15) is 14.4 Å². The highest BCUT2D eigenvalue weighted by atomic mass is 79.9. The van der Waals surface area contributed by atoms with Gasteiger partial charge >= 0.3 is 5.97 Å². The van der Waals surface area contributed by atoms with E-state index in [-0.39, 0.29) is 6.42 Å². The van der Waals surface area contributed by atoms with Crippen LogP contribution in [0.15, 0.2) is 22.7 Å². The number of carboxylic acid groups (broad SMARTS) is 1. The van der Waals surface area contributed by atoms with E-state index in [1.165, 1.54) is 4.90 Å². The lowest BCUT2D eigenvalue weighted by molar-refractivity contribution is -0.137. The second-order valence-corrected chi connectivity index (χ2v) is 5.57. The van der Waals surface area contributed by atoms with E-state index in [1.807, 2.05) is 0 Å². The number of carbonyl (C=O) groups is 3. The Hall–Kier alpha value is -1.69. The number of ketones is 1. The molecule has 0 spiro atoms. The molecule has 0 radical (unpaired) electrons. The van der Waals surface area contributed by atoms with Crippen LogP contribution in [0.5, 0.6) is 0 Å². The highest BCUT2D eigenvalue weighted by molar-refractivity contribution is 9.10. The maximum absolute atomic E-state index is 11.9. The molecule has 0 aromatic heterocycles. The molecule has 2 rings (SSSR count). The summed E-state index contributed by atoms with van der Waals surface area (Å²) in [6, 6.07) is 5.14. The van der Waals surface area contributed by atoms with E-state index in [4.69, 9.17) is 5.11 Å². The first-order valence-corrected chi connectivity index (χ1v) is 7.17. The number of halogens is 1. The van der Waals surface area contributed by atoms with E-state index in [0.717, 1.165) is 4.47 Å². The monoisotopic (exact) mass is 339 g/mol. The fraction of sp³-hybridized carbons (Fsp3) is 0.357. The van der Waals surface area contributed by atoms with Crippen molar-refractivity contribution in [3.05, 3.63) is 28.2 Å². The maximum Gasteiger partial charge on any atom is 0.303 e. The SMILES string of the molecule is O=C(O)CCCCCN1C(=O)C(=O)c2ccc(Br)cc21. The Bertz CT molecular complexity index is 570. The number of carboxylic acids is 1. The zero-order valence-corrected chi connectivity index (χ0v) is 12.4. The molecule has 20 heavy (non-hydrogen) atoms. The normalized spacial score (nSPS) is 13.8. The van der Waals surface area contributed by atoms with Crippen LogP contribution in [-0.4, -0.2) is 29.3 Å². The first kappa shape index (κ1) is 14.7. The minimum atomic E-state index is -0.813. The number of Topliss-reactive ketones (excluding diaryl/α,β-unsaturated/α-hetero) is 1. The number of nitrogens with zero attached hydrogens (tertiary/aromatic N) is 1. The van der Waals surface area contributed by atoms with Crippen LogP contribution in [-0.2, 0) is 9.59 Å². The molecular formula is C14H14BrNO4. The Morgan fingerprint density at radius 3 is 2.65 bits per heavy atom. The van der Waals surface area contributed by atoms with Crippen LogP contribution < -0.4 is 4.90 Å². The molecule has 0 unspecified atom stereocenters. The minimum Gasteiger partial charge on any atom is -0.481 e. The van der Waals surface area contributed by atoms with Gasteiger partial charge in [0, 0.05) is 17.4 Å². The summed E-state index contributed by atoms with van der Waals surface area (Å²) in [6.07, 6.45) is 2.11. The van der Waals surface area contributed by atoms with Gasteiger partial charge in [-0.3, -0.25) is 14.4 Å². The molecule has 1 N–H and O–H groups in total. The first-order chi connectivity index (χ1) is 9.50. The van der Waals surface area contributed by atoms with Gasteiger partial charge < -0.3 is 10.0 Å². The topological polar surface area (TPSA) is 74.7 Å². The molecule has 0 aliphatic carbocycles. The second kappa shape index (κ2) is 6.17. The summed E-state index contributed by atoms with van der Waals surface area (Å²) < 4.78 is 0.814. The molecule has 0 bridgehead atoms. The van der Waals surface area contributed by atoms with Crippen molar-refractivity contribution in [2.24, 2.45) is 0 Å². The summed E-state index contributed by atoms with van der Waals surface area (Å²) in [4.78, 5) is 35.6. The molecule has 1 aromatic carbocycles. The molecule has 6 heteroatoms. The summed E-state index contributed by atoms with van der Waals surface area (Å²) >= 11 is 3.33. The number of amides is 1. The molecule has 0 saturated heterocycles. The average molecular weight is 340 g/mol. The predicted molar refractivity (Wildman–Crippen MR) is 76.9 cm³/mol. The van der Waals surface area contributed by atoms with Crippen molar-refractivity contribution in [1.29, 1.82) is 0 Å². The van der Waals surface area contributed by atoms with E-state index >= 15 is 0 Å². The molecular weight excluding hydrogens is 326 g/mol. The van der Waals surface area contributed by atoms with Gasteiger partial charge in [0.15, 0.2) is 0 Å². The lowest BCUT2D eigenvalue weighted by atomic mass is 10.1. The van der Waals surface area contributed by atoms with E-state index in [2.05, 4.69) is 15.9 Å². The van der Waals surface area contributed by atoms with Gasteiger partial charge in [-0.2, -0.15) is 0 Å². The van der Waals surface area contributed by atoms with Crippen LogP contribution in [0.4, 0.5) is 5.69 Å². The van der Waals surface area contributed by atoms with Crippen molar-refractivity contribution in [3.63, 3.8) is 0 Å². The molecule has 1 aliphatic rings. The molecule has 0 atom stereocenters. The van der Waals surface area contributed by atoms with Gasteiger partial charge in [0.25, 0.3) is 11.7 Å². The molecule has 1 amide bonds. The van der Waals surface area contributed by atoms with E-state index in [1.54, 1.807) is 18.2 Å². The van der Waals surface area contributed by atoms with Crippen molar-refractivity contribution in [1.82, 2.24) is 0 Å². The number of unbranched alkanes of at least 4 members (excludes halogenated alkanes) is 2. The molecule has 1 aromatic rings. The summed E-state index contributed by atoms with van der Waals surface area (Å²) in [5.41, 5.74) is 1.07. The van der Waals surface area contributed by atoms with Gasteiger partial charge in [-0.05, 0) is 31.0 Å². The zero-order valence-electron chi connectivity index (χ0n) is 10.8. The average Bonchev–Trinajstić information content (AvgIpc) is 2.62. The number of aliphatic carboxylic acids is 1. The van der Waals surface area contributed by atoms with Crippen LogP contribution in [0.25, 0.3) is 0 Å². The van der Waals surface area contributed by atoms with E-state index < -0.39 is 17.7 Å². The van der Waals surface area contributed by atoms with Gasteiger partial charge in [-0.25, -0.2) is 0 Å². The molecule has 5 nitrogen and oxygen atoms in total. The Morgan fingerprint density at radius 1 is 1.20 bits per heavy atom. The summed E-state index contributed by atoms with van der Waals surface area (Å²) in [7, 11) is 0. The third kappa shape index (κ3) is 3.07. The summed E-state index contributed by atoms with van der Waals surface area (Å²) in [6.45, 7) is 0.438. The van der Waals surface area contributed by atoms with Crippen molar-refractivity contribution < 1.29 is 19.5 Å². The van der Waals surface area contributed by atoms with Crippen molar-refractivity contribution in [3.8, 4) is 0 Å². The highest BCUT2D eigenvalue weighted by Crippen LogP contribution is 2.31. The van der Waals surface area contributed by atoms with Gasteiger partial charge in [0.1, 0.15) is 0 Å². The standard InChI is InChI=1S/C14H14BrNO4/c15-9-5-6-10-11(8-9)16(14(20)13(10)19)7-3-1-2-4-12(17)18/h5-6,8H,1-4,7H2,(H,17,18). The Morgan fingerprint density at radius 2 is 1.95 bits per heavy atom. The number of hydrogen-bond acceptors (Lipinski definition) is 3. The van der Waals surface area contributed by atoms with Gasteiger partial charge in [0.2, 0.25) is 0 Å². The van der Waals surface area contributed by atoms with Gasteiger partial charge in [0.05, 0.1) is 11.3 Å². The minimum absolute atomic E-state index is 0.134. The van der Waals surface area contributed by atoms with Crippen LogP contribution in [0.1, 0.15) is 36.0 Å². The quantitative estimate of drug-likeness (QED) is 0.638. The van der Waals surface area contributed by atoms with E-state index in [0.29, 0.717) is 37.1 Å². The lowest BCUT2D eigenvalue weighted by Gasteiger charge is -2.16. The lowest BCUT2D eigenvalue weighted by Crippen LogP contribution is -2.30. The van der Waals surface area contributed by atoms with Crippen molar-refractivity contribution >= 4 is 39.3 Å². The van der Waals surface area contributed by atoms with Gasteiger partial charge in [-0.15, -0.1) is 0 Å². The van der Waals surface area contributed by atoms with Crippen LogP contribution in [0, 0.1) is 0 Å². The molecule has 1 aliphatic heterocycles.